The van der Waals surface area contributed by atoms with E-state index >= 15 is 0 Å². The maximum Gasteiger partial charge on any atom is 0.164 e. The second-order valence-electron chi connectivity index (χ2n) is 4.87. The van der Waals surface area contributed by atoms with Gasteiger partial charge in [-0.2, -0.15) is 0 Å². The second-order valence-corrected chi connectivity index (χ2v) is 6.82. The third-order valence-corrected chi connectivity index (χ3v) is 5.46. The number of hydrogen-bond acceptors (Lipinski definition) is 2. The molecule has 0 N–H and O–H groups in total. The van der Waals surface area contributed by atoms with Crippen LogP contribution in [0.25, 0.3) is 0 Å². The van der Waals surface area contributed by atoms with Crippen LogP contribution in [0.2, 0.25) is 10.0 Å². The van der Waals surface area contributed by atoms with E-state index < -0.39 is 0 Å². The summed E-state index contributed by atoms with van der Waals surface area (Å²) in [5.74, 6) is 0. The van der Waals surface area contributed by atoms with E-state index in [1.807, 2.05) is 25.2 Å². The second kappa shape index (κ2) is 6.30. The Hall–Kier alpha value is -1.16. The van der Waals surface area contributed by atoms with Crippen LogP contribution >= 0.6 is 35.0 Å². The molecule has 108 valence electrons. The first-order valence-corrected chi connectivity index (χ1v) is 8.24. The highest BCUT2D eigenvalue weighted by Crippen LogP contribution is 2.40. The van der Waals surface area contributed by atoms with Gasteiger partial charge in [0.15, 0.2) is 5.17 Å². The summed E-state index contributed by atoms with van der Waals surface area (Å²) in [5, 5.41) is 2.40. The minimum Gasteiger partial charge on any atom is -0.353 e. The van der Waals surface area contributed by atoms with E-state index in [2.05, 4.69) is 34.2 Å². The first kappa shape index (κ1) is 14.8. The van der Waals surface area contributed by atoms with Crippen LogP contribution in [0.5, 0.6) is 0 Å². The predicted molar refractivity (Wildman–Crippen MR) is 93.0 cm³/mol. The number of rotatable bonds is 2. The van der Waals surface area contributed by atoms with Crippen molar-refractivity contribution < 1.29 is 0 Å². The Morgan fingerprint density at radius 1 is 1.10 bits per heavy atom. The number of thioether (sulfide) groups is 1. The quantitative estimate of drug-likeness (QED) is 0.729. The Morgan fingerprint density at radius 2 is 1.86 bits per heavy atom. The van der Waals surface area contributed by atoms with E-state index in [1.54, 1.807) is 17.8 Å². The van der Waals surface area contributed by atoms with Crippen LogP contribution in [0.15, 0.2) is 53.5 Å². The summed E-state index contributed by atoms with van der Waals surface area (Å²) >= 11 is 14.0. The van der Waals surface area contributed by atoms with Crippen molar-refractivity contribution in [3.05, 3.63) is 64.1 Å². The van der Waals surface area contributed by atoms with Crippen molar-refractivity contribution in [2.45, 2.75) is 5.25 Å². The first-order chi connectivity index (χ1) is 10.1. The normalized spacial score (nSPS) is 20.2. The van der Waals surface area contributed by atoms with E-state index in [4.69, 9.17) is 23.2 Å². The maximum absolute atomic E-state index is 6.21. The largest absolute Gasteiger partial charge is 0.353 e. The fourth-order valence-corrected chi connectivity index (χ4v) is 3.81. The van der Waals surface area contributed by atoms with Crippen LogP contribution in [-0.2, 0) is 0 Å². The van der Waals surface area contributed by atoms with Crippen LogP contribution < -0.4 is 0 Å². The number of nitrogens with zero attached hydrogens (tertiary/aromatic N) is 2. The van der Waals surface area contributed by atoms with Crippen molar-refractivity contribution in [3.63, 3.8) is 0 Å². The zero-order valence-corrected chi connectivity index (χ0v) is 13.8. The third-order valence-electron chi connectivity index (χ3n) is 3.33. The van der Waals surface area contributed by atoms with Crippen LogP contribution in [-0.4, -0.2) is 23.7 Å². The van der Waals surface area contributed by atoms with Crippen LogP contribution in [0.1, 0.15) is 10.8 Å². The summed E-state index contributed by atoms with van der Waals surface area (Å²) in [6.45, 7) is 0.936. The number of amidine groups is 1. The molecule has 0 aromatic heterocycles. The summed E-state index contributed by atoms with van der Waals surface area (Å²) in [6, 6.07) is 16.0. The minimum atomic E-state index is 0.396. The standard InChI is InChI=1S/C16H14Cl2N2S/c1-20-10-14(11-6-3-2-4-7-11)21-16(20)19-13-9-5-8-12(17)15(13)18/h2-9,14H,10H2,1H3. The molecule has 2 nitrogen and oxygen atoms in total. The monoisotopic (exact) mass is 336 g/mol. The zero-order chi connectivity index (χ0) is 14.8. The van der Waals surface area contributed by atoms with Crippen molar-refractivity contribution in [1.29, 1.82) is 0 Å². The minimum absolute atomic E-state index is 0.396. The molecule has 1 fully saturated rings. The Morgan fingerprint density at radius 3 is 2.62 bits per heavy atom. The van der Waals surface area contributed by atoms with E-state index in [0.717, 1.165) is 11.7 Å². The molecule has 1 atom stereocenters. The van der Waals surface area contributed by atoms with Gasteiger partial charge in [0.2, 0.25) is 0 Å². The molecule has 1 saturated heterocycles. The third kappa shape index (κ3) is 3.20. The average molecular weight is 337 g/mol. The van der Waals surface area contributed by atoms with E-state index in [9.17, 15) is 0 Å². The molecule has 1 aliphatic heterocycles. The molecular weight excluding hydrogens is 323 g/mol. The summed E-state index contributed by atoms with van der Waals surface area (Å²) in [4.78, 5) is 6.82. The molecule has 0 aliphatic carbocycles. The molecule has 1 heterocycles. The molecule has 0 bridgehead atoms. The highest BCUT2D eigenvalue weighted by Gasteiger charge is 2.27. The Balaban J connectivity index is 1.87. The lowest BCUT2D eigenvalue weighted by Crippen LogP contribution is -2.18. The van der Waals surface area contributed by atoms with Gasteiger partial charge in [-0.05, 0) is 17.7 Å². The molecule has 2 aromatic rings. The van der Waals surface area contributed by atoms with Gasteiger partial charge in [-0.25, -0.2) is 4.99 Å². The number of hydrogen-bond donors (Lipinski definition) is 0. The van der Waals surface area contributed by atoms with Crippen molar-refractivity contribution in [3.8, 4) is 0 Å². The van der Waals surface area contributed by atoms with E-state index in [-0.39, 0.29) is 0 Å². The fourth-order valence-electron chi connectivity index (χ4n) is 2.22. The molecule has 0 saturated carbocycles. The molecule has 0 spiro atoms. The van der Waals surface area contributed by atoms with Gasteiger partial charge in [0.25, 0.3) is 0 Å². The van der Waals surface area contributed by atoms with Crippen LogP contribution in [0, 0.1) is 0 Å². The smallest absolute Gasteiger partial charge is 0.164 e. The number of likely N-dealkylation sites (N-methyl/N-ethyl adjacent to an activating group) is 1. The lowest BCUT2D eigenvalue weighted by atomic mass is 10.1. The van der Waals surface area contributed by atoms with Crippen LogP contribution in [0.3, 0.4) is 0 Å². The summed E-state index contributed by atoms with van der Waals surface area (Å²) in [6.07, 6.45) is 0. The summed E-state index contributed by atoms with van der Waals surface area (Å²) in [7, 11) is 2.05. The summed E-state index contributed by atoms with van der Waals surface area (Å²) < 4.78 is 0. The topological polar surface area (TPSA) is 15.6 Å². The molecule has 2 aromatic carbocycles. The van der Waals surface area contributed by atoms with Crippen LogP contribution in [0.4, 0.5) is 5.69 Å². The fraction of sp³-hybridized carbons (Fsp3) is 0.188. The molecule has 1 unspecified atom stereocenters. The SMILES string of the molecule is CN1CC(c2ccccc2)SC1=Nc1cccc(Cl)c1Cl. The molecule has 0 radical (unpaired) electrons. The molecule has 1 aliphatic rings. The van der Waals surface area contributed by atoms with Crippen molar-refractivity contribution in [2.24, 2.45) is 4.99 Å². The average Bonchev–Trinajstić information content (AvgIpc) is 2.86. The Labute approximate surface area is 138 Å². The number of halogens is 2. The number of aliphatic imine (C=N–C) groups is 1. The molecular formula is C16H14Cl2N2S. The van der Waals surface area contributed by atoms with Gasteiger partial charge >= 0.3 is 0 Å². The maximum atomic E-state index is 6.21. The molecule has 3 rings (SSSR count). The molecule has 0 amide bonds. The lowest BCUT2D eigenvalue weighted by Gasteiger charge is -2.10. The van der Waals surface area contributed by atoms with E-state index in [1.165, 1.54) is 5.56 Å². The van der Waals surface area contributed by atoms with Crippen molar-refractivity contribution in [2.75, 3.05) is 13.6 Å². The van der Waals surface area contributed by atoms with Crippen molar-refractivity contribution in [1.82, 2.24) is 4.90 Å². The molecule has 21 heavy (non-hydrogen) atoms. The highest BCUT2D eigenvalue weighted by molar-refractivity contribution is 8.14. The van der Waals surface area contributed by atoms with Gasteiger partial charge in [-0.3, -0.25) is 0 Å². The van der Waals surface area contributed by atoms with Gasteiger partial charge < -0.3 is 4.90 Å². The van der Waals surface area contributed by atoms with Gasteiger partial charge in [-0.1, -0.05) is 71.4 Å². The highest BCUT2D eigenvalue weighted by atomic mass is 35.5. The van der Waals surface area contributed by atoms with Gasteiger partial charge in [0.05, 0.1) is 21.0 Å². The zero-order valence-electron chi connectivity index (χ0n) is 11.5. The molecule has 5 heteroatoms. The summed E-state index contributed by atoms with van der Waals surface area (Å²) in [5.41, 5.74) is 2.03. The number of benzene rings is 2. The Kier molecular flexibility index (Phi) is 4.43. The lowest BCUT2D eigenvalue weighted by molar-refractivity contribution is 0.529. The predicted octanol–water partition coefficient (Wildman–Crippen LogP) is 5.40. The van der Waals surface area contributed by atoms with Gasteiger partial charge in [-0.15, -0.1) is 0 Å². The first-order valence-electron chi connectivity index (χ1n) is 6.60. The van der Waals surface area contributed by atoms with Crippen molar-refractivity contribution >= 4 is 45.8 Å². The Bertz CT molecular complexity index is 673. The van der Waals surface area contributed by atoms with Gasteiger partial charge in [0, 0.05) is 13.6 Å². The van der Waals surface area contributed by atoms with E-state index in [0.29, 0.717) is 21.0 Å². The van der Waals surface area contributed by atoms with Gasteiger partial charge in [0.1, 0.15) is 0 Å².